The van der Waals surface area contributed by atoms with Crippen LogP contribution in [0.2, 0.25) is 0 Å². The number of carbonyl (C=O) groups is 1. The molecule has 1 fully saturated rings. The molecule has 3 nitrogen and oxygen atoms in total. The third-order valence-corrected chi connectivity index (χ3v) is 3.82. The number of benzene rings is 1. The monoisotopic (exact) mass is 261 g/mol. The van der Waals surface area contributed by atoms with Gasteiger partial charge >= 0.3 is 0 Å². The summed E-state index contributed by atoms with van der Waals surface area (Å²) < 4.78 is 5.18. The average molecular weight is 261 g/mol. The van der Waals surface area contributed by atoms with Crippen LogP contribution in [-0.4, -0.2) is 19.6 Å². The Balaban J connectivity index is 2.01. The van der Waals surface area contributed by atoms with Gasteiger partial charge in [0.05, 0.1) is 7.11 Å². The Hall–Kier alpha value is -1.51. The van der Waals surface area contributed by atoms with Crippen LogP contribution in [0, 0.1) is 5.41 Å². The lowest BCUT2D eigenvalue weighted by Gasteiger charge is -2.22. The zero-order valence-electron chi connectivity index (χ0n) is 12.2. The van der Waals surface area contributed by atoms with Crippen LogP contribution in [0.15, 0.2) is 24.3 Å². The molecule has 104 valence electrons. The molecule has 0 saturated heterocycles. The summed E-state index contributed by atoms with van der Waals surface area (Å²) >= 11 is 0. The Labute approximate surface area is 115 Å². The summed E-state index contributed by atoms with van der Waals surface area (Å²) in [7, 11) is 1.67. The van der Waals surface area contributed by atoms with Gasteiger partial charge in [-0.05, 0) is 30.5 Å². The van der Waals surface area contributed by atoms with Gasteiger partial charge in [-0.1, -0.05) is 32.9 Å². The number of rotatable bonds is 4. The molecular weight excluding hydrogens is 238 g/mol. The first-order chi connectivity index (χ1) is 8.87. The van der Waals surface area contributed by atoms with E-state index < -0.39 is 0 Å². The zero-order chi connectivity index (χ0) is 14.1. The quantitative estimate of drug-likeness (QED) is 0.905. The average Bonchev–Trinajstić information content (AvgIpc) is 3.16. The molecule has 1 aromatic carbocycles. The van der Waals surface area contributed by atoms with Crippen molar-refractivity contribution in [1.82, 2.24) is 5.32 Å². The number of methoxy groups -OCH3 is 1. The minimum absolute atomic E-state index is 0.118. The Morgan fingerprint density at radius 3 is 2.26 bits per heavy atom. The van der Waals surface area contributed by atoms with Crippen molar-refractivity contribution in [3.63, 3.8) is 0 Å². The summed E-state index contributed by atoms with van der Waals surface area (Å²) in [5.74, 6) is 0.991. The minimum Gasteiger partial charge on any atom is -0.497 e. The fourth-order valence-electron chi connectivity index (χ4n) is 2.18. The molecule has 1 aromatic rings. The first-order valence-electron chi connectivity index (χ1n) is 6.80. The molecule has 1 aliphatic rings. The molecule has 0 bridgehead atoms. The summed E-state index contributed by atoms with van der Waals surface area (Å²) in [6.45, 7) is 6.55. The highest BCUT2D eigenvalue weighted by molar-refractivity contribution is 5.81. The van der Waals surface area contributed by atoms with Crippen LogP contribution in [0.4, 0.5) is 0 Å². The maximum Gasteiger partial charge on any atom is 0.225 e. The number of hydrogen-bond donors (Lipinski definition) is 1. The van der Waals surface area contributed by atoms with E-state index in [-0.39, 0.29) is 16.7 Å². The van der Waals surface area contributed by atoms with Crippen molar-refractivity contribution in [2.45, 2.75) is 39.0 Å². The molecule has 1 saturated carbocycles. The molecule has 19 heavy (non-hydrogen) atoms. The van der Waals surface area contributed by atoms with E-state index in [1.807, 2.05) is 32.9 Å². The number of nitrogens with one attached hydrogen (secondary N) is 1. The molecule has 0 aromatic heterocycles. The summed E-state index contributed by atoms with van der Waals surface area (Å²) in [6.07, 6.45) is 2.29. The Kier molecular flexibility index (Phi) is 3.57. The van der Waals surface area contributed by atoms with Gasteiger partial charge in [-0.3, -0.25) is 4.79 Å². The largest absolute Gasteiger partial charge is 0.497 e. The zero-order valence-corrected chi connectivity index (χ0v) is 12.2. The molecule has 0 radical (unpaired) electrons. The van der Waals surface area contributed by atoms with E-state index in [2.05, 4.69) is 17.4 Å². The van der Waals surface area contributed by atoms with Gasteiger partial charge in [0, 0.05) is 17.4 Å². The lowest BCUT2D eigenvalue weighted by Crippen LogP contribution is -2.39. The maximum atomic E-state index is 11.9. The molecule has 2 rings (SSSR count). The van der Waals surface area contributed by atoms with Crippen molar-refractivity contribution in [1.29, 1.82) is 0 Å². The Morgan fingerprint density at radius 2 is 1.84 bits per heavy atom. The summed E-state index contributed by atoms with van der Waals surface area (Å²) in [6, 6.07) is 8.19. The van der Waals surface area contributed by atoms with Crippen LogP contribution in [0.3, 0.4) is 0 Å². The van der Waals surface area contributed by atoms with E-state index in [1.54, 1.807) is 7.11 Å². The highest BCUT2D eigenvalue weighted by Gasteiger charge is 2.44. The van der Waals surface area contributed by atoms with Crippen molar-refractivity contribution < 1.29 is 9.53 Å². The van der Waals surface area contributed by atoms with Gasteiger partial charge in [0.15, 0.2) is 0 Å². The van der Waals surface area contributed by atoms with E-state index >= 15 is 0 Å². The summed E-state index contributed by atoms with van der Waals surface area (Å²) in [5, 5.41) is 3.08. The van der Waals surface area contributed by atoms with E-state index in [0.29, 0.717) is 0 Å². The summed E-state index contributed by atoms with van der Waals surface area (Å²) in [5.41, 5.74) is 1.12. The van der Waals surface area contributed by atoms with E-state index in [4.69, 9.17) is 4.74 Å². The van der Waals surface area contributed by atoms with Crippen molar-refractivity contribution in [3.8, 4) is 5.75 Å². The predicted octanol–water partition coefficient (Wildman–Crippen LogP) is 2.89. The molecule has 1 amide bonds. The fraction of sp³-hybridized carbons (Fsp3) is 0.562. The fourth-order valence-corrected chi connectivity index (χ4v) is 2.18. The van der Waals surface area contributed by atoms with Crippen molar-refractivity contribution in [2.75, 3.05) is 13.7 Å². The van der Waals surface area contributed by atoms with Crippen LogP contribution in [0.5, 0.6) is 5.75 Å². The van der Waals surface area contributed by atoms with Gasteiger partial charge < -0.3 is 10.1 Å². The topological polar surface area (TPSA) is 38.3 Å². The first-order valence-corrected chi connectivity index (χ1v) is 6.80. The second-order valence-corrected chi connectivity index (χ2v) is 6.44. The third kappa shape index (κ3) is 3.09. The van der Waals surface area contributed by atoms with Crippen LogP contribution in [0.1, 0.15) is 39.2 Å². The van der Waals surface area contributed by atoms with Gasteiger partial charge in [-0.15, -0.1) is 0 Å². The molecule has 0 unspecified atom stereocenters. The summed E-state index contributed by atoms with van der Waals surface area (Å²) in [4.78, 5) is 11.9. The SMILES string of the molecule is COc1ccc(C2(CNC(=O)C(C)(C)C)CC2)cc1. The molecule has 0 aliphatic heterocycles. The second kappa shape index (κ2) is 4.87. The molecule has 0 atom stereocenters. The molecule has 1 N–H and O–H groups in total. The van der Waals surface area contributed by atoms with E-state index in [9.17, 15) is 4.79 Å². The third-order valence-electron chi connectivity index (χ3n) is 3.82. The van der Waals surface area contributed by atoms with E-state index in [1.165, 1.54) is 5.56 Å². The van der Waals surface area contributed by atoms with Crippen molar-refractivity contribution >= 4 is 5.91 Å². The van der Waals surface area contributed by atoms with Crippen LogP contribution >= 0.6 is 0 Å². The Bertz CT molecular complexity index is 453. The molecule has 0 heterocycles. The number of hydrogen-bond acceptors (Lipinski definition) is 2. The first kappa shape index (κ1) is 13.9. The smallest absolute Gasteiger partial charge is 0.225 e. The molecule has 1 aliphatic carbocycles. The Morgan fingerprint density at radius 1 is 1.26 bits per heavy atom. The lowest BCUT2D eigenvalue weighted by atomic mass is 9.93. The van der Waals surface area contributed by atoms with Crippen LogP contribution in [-0.2, 0) is 10.2 Å². The van der Waals surface area contributed by atoms with E-state index in [0.717, 1.165) is 25.1 Å². The second-order valence-electron chi connectivity index (χ2n) is 6.44. The van der Waals surface area contributed by atoms with Crippen LogP contribution in [0.25, 0.3) is 0 Å². The molecular formula is C16H23NO2. The highest BCUT2D eigenvalue weighted by Crippen LogP contribution is 2.48. The normalized spacial score (nSPS) is 16.8. The number of ether oxygens (including phenoxy) is 1. The number of carbonyl (C=O) groups excluding carboxylic acids is 1. The van der Waals surface area contributed by atoms with Gasteiger partial charge in [-0.2, -0.15) is 0 Å². The minimum atomic E-state index is -0.323. The lowest BCUT2D eigenvalue weighted by molar-refractivity contribution is -0.128. The van der Waals surface area contributed by atoms with Gasteiger partial charge in [0.1, 0.15) is 5.75 Å². The molecule has 0 spiro atoms. The van der Waals surface area contributed by atoms with Gasteiger partial charge in [0.25, 0.3) is 0 Å². The molecule has 3 heteroatoms. The van der Waals surface area contributed by atoms with Gasteiger partial charge in [0.2, 0.25) is 5.91 Å². The van der Waals surface area contributed by atoms with Crippen LogP contribution < -0.4 is 10.1 Å². The predicted molar refractivity (Wildman–Crippen MR) is 76.4 cm³/mol. The highest BCUT2D eigenvalue weighted by atomic mass is 16.5. The van der Waals surface area contributed by atoms with Gasteiger partial charge in [-0.25, -0.2) is 0 Å². The maximum absolute atomic E-state index is 11.9. The van der Waals surface area contributed by atoms with Crippen molar-refractivity contribution in [2.24, 2.45) is 5.41 Å². The number of amides is 1. The van der Waals surface area contributed by atoms with Crippen molar-refractivity contribution in [3.05, 3.63) is 29.8 Å². The standard InChI is InChI=1S/C16H23NO2/c1-15(2,3)14(18)17-11-16(9-10-16)12-5-7-13(19-4)8-6-12/h5-8H,9-11H2,1-4H3,(H,17,18).